The first kappa shape index (κ1) is 15.1. The normalized spacial score (nSPS) is 11.3. The van der Waals surface area contributed by atoms with Crippen LogP contribution in [0, 0.1) is 13.8 Å². The standard InChI is InChI=1S/C18H20ClN3/c1-12-9-16-17(10-13(12)2)22(18(21-16)7-8-20)11-14-3-5-15(19)6-4-14/h3-6,9-10H,7-8,11,20H2,1-2H3. The Balaban J connectivity index is 2.10. The van der Waals surface area contributed by atoms with Crippen molar-refractivity contribution in [2.24, 2.45) is 5.73 Å². The lowest BCUT2D eigenvalue weighted by molar-refractivity contribution is 0.734. The Bertz CT molecular complexity index is 803. The minimum Gasteiger partial charge on any atom is -0.330 e. The number of fused-ring (bicyclic) bond motifs is 1. The Hall–Kier alpha value is -1.84. The average Bonchev–Trinajstić information content (AvgIpc) is 2.80. The zero-order valence-corrected chi connectivity index (χ0v) is 13.7. The SMILES string of the molecule is Cc1cc2nc(CCN)n(Cc3ccc(Cl)cc3)c2cc1C. The van der Waals surface area contributed by atoms with Crippen LogP contribution < -0.4 is 5.73 Å². The van der Waals surface area contributed by atoms with Crippen molar-refractivity contribution in [2.75, 3.05) is 6.54 Å². The first-order chi connectivity index (χ1) is 10.6. The van der Waals surface area contributed by atoms with Gasteiger partial charge in [-0.25, -0.2) is 4.98 Å². The van der Waals surface area contributed by atoms with Gasteiger partial charge >= 0.3 is 0 Å². The van der Waals surface area contributed by atoms with Gasteiger partial charge in [-0.1, -0.05) is 23.7 Å². The van der Waals surface area contributed by atoms with E-state index in [4.69, 9.17) is 22.3 Å². The summed E-state index contributed by atoms with van der Waals surface area (Å²) < 4.78 is 2.26. The summed E-state index contributed by atoms with van der Waals surface area (Å²) in [5.74, 6) is 1.04. The number of benzene rings is 2. The lowest BCUT2D eigenvalue weighted by Gasteiger charge is -2.10. The van der Waals surface area contributed by atoms with E-state index in [0.717, 1.165) is 29.3 Å². The van der Waals surface area contributed by atoms with Crippen molar-refractivity contribution in [1.29, 1.82) is 0 Å². The highest BCUT2D eigenvalue weighted by atomic mass is 35.5. The summed E-state index contributed by atoms with van der Waals surface area (Å²) in [6.45, 7) is 5.64. The number of nitrogens with zero attached hydrogens (tertiary/aromatic N) is 2. The molecule has 0 aliphatic carbocycles. The van der Waals surface area contributed by atoms with E-state index in [1.807, 2.05) is 12.1 Å². The zero-order chi connectivity index (χ0) is 15.7. The highest BCUT2D eigenvalue weighted by Crippen LogP contribution is 2.22. The molecule has 0 amide bonds. The molecule has 0 saturated heterocycles. The molecular weight excluding hydrogens is 294 g/mol. The van der Waals surface area contributed by atoms with Crippen LogP contribution in [0.2, 0.25) is 5.02 Å². The zero-order valence-electron chi connectivity index (χ0n) is 12.9. The molecule has 0 radical (unpaired) electrons. The van der Waals surface area contributed by atoms with Crippen LogP contribution in [0.1, 0.15) is 22.5 Å². The van der Waals surface area contributed by atoms with Crippen molar-refractivity contribution < 1.29 is 0 Å². The predicted octanol–water partition coefficient (Wildman–Crippen LogP) is 3.86. The Labute approximate surface area is 135 Å². The molecule has 1 heterocycles. The smallest absolute Gasteiger partial charge is 0.111 e. The lowest BCUT2D eigenvalue weighted by Crippen LogP contribution is -2.11. The first-order valence-corrected chi connectivity index (χ1v) is 7.87. The summed E-state index contributed by atoms with van der Waals surface area (Å²) >= 11 is 5.97. The van der Waals surface area contributed by atoms with Crippen LogP contribution >= 0.6 is 11.6 Å². The number of aryl methyl sites for hydroxylation is 2. The monoisotopic (exact) mass is 313 g/mol. The average molecular weight is 314 g/mol. The van der Waals surface area contributed by atoms with Gasteiger partial charge in [-0.3, -0.25) is 0 Å². The minimum atomic E-state index is 0.599. The Morgan fingerprint density at radius 3 is 2.45 bits per heavy atom. The van der Waals surface area contributed by atoms with Crippen LogP contribution in [0.4, 0.5) is 0 Å². The maximum absolute atomic E-state index is 5.97. The molecule has 1 aromatic heterocycles. The Morgan fingerprint density at radius 2 is 1.77 bits per heavy atom. The van der Waals surface area contributed by atoms with Crippen LogP contribution in [0.5, 0.6) is 0 Å². The number of imidazole rings is 1. The Morgan fingerprint density at radius 1 is 1.09 bits per heavy atom. The third-order valence-corrected chi connectivity index (χ3v) is 4.32. The van der Waals surface area contributed by atoms with E-state index in [2.05, 4.69) is 42.7 Å². The van der Waals surface area contributed by atoms with E-state index in [1.54, 1.807) is 0 Å². The molecule has 0 atom stereocenters. The topological polar surface area (TPSA) is 43.8 Å². The first-order valence-electron chi connectivity index (χ1n) is 7.49. The molecule has 4 heteroatoms. The van der Waals surface area contributed by atoms with Gasteiger partial charge in [0.25, 0.3) is 0 Å². The number of halogens is 1. The lowest BCUT2D eigenvalue weighted by atomic mass is 10.1. The van der Waals surface area contributed by atoms with Crippen LogP contribution in [0.25, 0.3) is 11.0 Å². The van der Waals surface area contributed by atoms with E-state index >= 15 is 0 Å². The number of hydrogen-bond acceptors (Lipinski definition) is 2. The molecule has 3 aromatic rings. The van der Waals surface area contributed by atoms with Crippen molar-refractivity contribution in [1.82, 2.24) is 9.55 Å². The van der Waals surface area contributed by atoms with E-state index in [1.165, 1.54) is 22.2 Å². The maximum atomic E-state index is 5.97. The second kappa shape index (κ2) is 6.11. The predicted molar refractivity (Wildman–Crippen MR) is 92.5 cm³/mol. The molecule has 0 saturated carbocycles. The summed E-state index contributed by atoms with van der Waals surface area (Å²) in [7, 11) is 0. The number of hydrogen-bond donors (Lipinski definition) is 1. The van der Waals surface area contributed by atoms with E-state index < -0.39 is 0 Å². The largest absolute Gasteiger partial charge is 0.330 e. The third-order valence-electron chi connectivity index (χ3n) is 4.06. The van der Waals surface area contributed by atoms with Crippen molar-refractivity contribution in [3.63, 3.8) is 0 Å². The summed E-state index contributed by atoms with van der Waals surface area (Å²) in [5.41, 5.74) is 11.7. The van der Waals surface area contributed by atoms with Gasteiger partial charge in [0, 0.05) is 18.0 Å². The molecule has 0 aliphatic heterocycles. The van der Waals surface area contributed by atoms with Gasteiger partial charge in [0.05, 0.1) is 11.0 Å². The molecule has 0 spiro atoms. The highest BCUT2D eigenvalue weighted by molar-refractivity contribution is 6.30. The molecule has 3 rings (SSSR count). The molecule has 2 N–H and O–H groups in total. The fraction of sp³-hybridized carbons (Fsp3) is 0.278. The van der Waals surface area contributed by atoms with Crippen LogP contribution in [-0.4, -0.2) is 16.1 Å². The second-order valence-corrected chi connectivity index (χ2v) is 6.14. The molecule has 0 bridgehead atoms. The minimum absolute atomic E-state index is 0.599. The van der Waals surface area contributed by atoms with Crippen molar-refractivity contribution in [3.8, 4) is 0 Å². The van der Waals surface area contributed by atoms with E-state index in [9.17, 15) is 0 Å². The fourth-order valence-electron chi connectivity index (χ4n) is 2.70. The number of aromatic nitrogens is 2. The van der Waals surface area contributed by atoms with Gasteiger partial charge in [0.15, 0.2) is 0 Å². The second-order valence-electron chi connectivity index (χ2n) is 5.70. The Kier molecular flexibility index (Phi) is 4.19. The van der Waals surface area contributed by atoms with Crippen LogP contribution in [0.3, 0.4) is 0 Å². The molecular formula is C18H20ClN3. The third kappa shape index (κ3) is 2.87. The van der Waals surface area contributed by atoms with E-state index in [-0.39, 0.29) is 0 Å². The summed E-state index contributed by atoms with van der Waals surface area (Å²) in [4.78, 5) is 4.77. The van der Waals surface area contributed by atoms with Crippen molar-refractivity contribution >= 4 is 22.6 Å². The van der Waals surface area contributed by atoms with Gasteiger partial charge < -0.3 is 10.3 Å². The van der Waals surface area contributed by atoms with Gasteiger partial charge in [-0.2, -0.15) is 0 Å². The molecule has 22 heavy (non-hydrogen) atoms. The van der Waals surface area contributed by atoms with Gasteiger partial charge in [-0.05, 0) is 61.3 Å². The van der Waals surface area contributed by atoms with Crippen LogP contribution in [0.15, 0.2) is 36.4 Å². The van der Waals surface area contributed by atoms with Crippen molar-refractivity contribution in [2.45, 2.75) is 26.8 Å². The van der Waals surface area contributed by atoms with Gasteiger partial charge in [0.2, 0.25) is 0 Å². The molecule has 0 fully saturated rings. The van der Waals surface area contributed by atoms with E-state index in [0.29, 0.717) is 6.54 Å². The summed E-state index contributed by atoms with van der Waals surface area (Å²) in [6, 6.07) is 12.3. The molecule has 0 aliphatic rings. The quantitative estimate of drug-likeness (QED) is 0.795. The van der Waals surface area contributed by atoms with Crippen LogP contribution in [-0.2, 0) is 13.0 Å². The summed E-state index contributed by atoms with van der Waals surface area (Å²) in [5, 5.41) is 0.757. The highest BCUT2D eigenvalue weighted by Gasteiger charge is 2.12. The summed E-state index contributed by atoms with van der Waals surface area (Å²) in [6.07, 6.45) is 0.778. The fourth-order valence-corrected chi connectivity index (χ4v) is 2.82. The molecule has 0 unspecified atom stereocenters. The maximum Gasteiger partial charge on any atom is 0.111 e. The number of nitrogens with two attached hydrogens (primary N) is 1. The van der Waals surface area contributed by atoms with Gasteiger partial charge in [0.1, 0.15) is 5.82 Å². The van der Waals surface area contributed by atoms with Crippen molar-refractivity contribution in [3.05, 3.63) is 63.9 Å². The van der Waals surface area contributed by atoms with Gasteiger partial charge in [-0.15, -0.1) is 0 Å². The molecule has 2 aromatic carbocycles. The number of rotatable bonds is 4. The molecule has 114 valence electrons. The molecule has 3 nitrogen and oxygen atoms in total.